The zero-order valence-electron chi connectivity index (χ0n) is 11.5. The van der Waals surface area contributed by atoms with Gasteiger partial charge in [0.25, 0.3) is 5.56 Å². The van der Waals surface area contributed by atoms with Gasteiger partial charge in [0.1, 0.15) is 10.9 Å². The van der Waals surface area contributed by atoms with Crippen LogP contribution in [0.2, 0.25) is 5.15 Å². The Morgan fingerprint density at radius 1 is 1.48 bits per heavy atom. The second-order valence-electron chi connectivity index (χ2n) is 4.72. The van der Waals surface area contributed by atoms with Gasteiger partial charge in [-0.2, -0.15) is 0 Å². The second-order valence-corrected chi connectivity index (χ2v) is 6.04. The number of halogens is 1. The third-order valence-electron chi connectivity index (χ3n) is 3.45. The fourth-order valence-electron chi connectivity index (χ4n) is 2.40. The molecule has 0 aliphatic heterocycles. The smallest absolute Gasteiger partial charge is 0.254 e. The number of fused-ring (bicyclic) bond motifs is 1. The number of nitrogens with zero attached hydrogens (tertiary/aromatic N) is 2. The summed E-state index contributed by atoms with van der Waals surface area (Å²) in [5.41, 5.74) is 2.53. The number of nitrogens with one attached hydrogen (secondary N) is 1. The van der Waals surface area contributed by atoms with Crippen molar-refractivity contribution in [2.45, 2.75) is 30.2 Å². The van der Waals surface area contributed by atoms with Gasteiger partial charge in [-0.1, -0.05) is 23.4 Å². The minimum absolute atomic E-state index is 0.0238. The van der Waals surface area contributed by atoms with Crippen molar-refractivity contribution in [3.05, 3.63) is 44.6 Å². The van der Waals surface area contributed by atoms with Gasteiger partial charge in [0.05, 0.1) is 12.8 Å². The predicted molar refractivity (Wildman–Crippen MR) is 82.2 cm³/mol. The Labute approximate surface area is 131 Å². The number of aromatic nitrogens is 3. The number of H-pyrrole nitrogens is 1. The topological polar surface area (TPSA) is 67.9 Å². The number of ether oxygens (including phenoxy) is 1. The summed E-state index contributed by atoms with van der Waals surface area (Å²) < 4.78 is 5.28. The molecule has 5 nitrogen and oxygen atoms in total. The van der Waals surface area contributed by atoms with Gasteiger partial charge in [0.2, 0.25) is 0 Å². The fraction of sp³-hybridized carbons (Fsp3) is 0.357. The van der Waals surface area contributed by atoms with Crippen molar-refractivity contribution in [1.82, 2.24) is 15.0 Å². The van der Waals surface area contributed by atoms with E-state index < -0.39 is 0 Å². The highest BCUT2D eigenvalue weighted by molar-refractivity contribution is 7.98. The van der Waals surface area contributed by atoms with E-state index in [1.165, 1.54) is 11.8 Å². The van der Waals surface area contributed by atoms with Crippen LogP contribution in [0.4, 0.5) is 0 Å². The van der Waals surface area contributed by atoms with E-state index in [1.807, 2.05) is 0 Å². The molecule has 1 aliphatic rings. The van der Waals surface area contributed by atoms with Gasteiger partial charge in [0.15, 0.2) is 5.16 Å². The van der Waals surface area contributed by atoms with Crippen LogP contribution in [-0.2, 0) is 18.6 Å². The average molecular weight is 324 g/mol. The molecule has 0 spiro atoms. The van der Waals surface area contributed by atoms with E-state index in [-0.39, 0.29) is 5.56 Å². The van der Waals surface area contributed by atoms with E-state index >= 15 is 0 Å². The maximum absolute atomic E-state index is 12.0. The molecular weight excluding hydrogens is 310 g/mol. The fourth-order valence-corrected chi connectivity index (χ4v) is 3.60. The number of hydrogen-bond donors (Lipinski definition) is 1. The van der Waals surface area contributed by atoms with Crippen molar-refractivity contribution in [2.75, 3.05) is 7.11 Å². The number of methoxy groups -OCH3 is 1. The zero-order chi connectivity index (χ0) is 14.8. The summed E-state index contributed by atoms with van der Waals surface area (Å²) in [5, 5.41) is 1.02. The van der Waals surface area contributed by atoms with Crippen LogP contribution < -0.4 is 10.3 Å². The van der Waals surface area contributed by atoms with Gasteiger partial charge in [-0.25, -0.2) is 9.97 Å². The normalized spacial score (nSPS) is 13.2. The minimum Gasteiger partial charge on any atom is -0.496 e. The highest BCUT2D eigenvalue weighted by atomic mass is 35.5. The first-order valence-corrected chi connectivity index (χ1v) is 7.97. The summed E-state index contributed by atoms with van der Waals surface area (Å²) in [5.74, 6) is 1.23. The lowest BCUT2D eigenvalue weighted by molar-refractivity contribution is 0.410. The first-order valence-electron chi connectivity index (χ1n) is 6.61. The standard InChI is InChI=1S/C14H14ClN3O2S/c1-20-11-5-6-16-12(15)9(11)7-21-14-17-10-4-2-3-8(10)13(19)18-14/h5-6H,2-4,7H2,1H3,(H,17,18,19). The molecule has 2 aromatic rings. The Balaban J connectivity index is 1.83. The number of aromatic amines is 1. The van der Waals surface area contributed by atoms with Gasteiger partial charge < -0.3 is 9.72 Å². The van der Waals surface area contributed by atoms with Crippen LogP contribution in [0.1, 0.15) is 23.2 Å². The van der Waals surface area contributed by atoms with Crippen molar-refractivity contribution in [2.24, 2.45) is 0 Å². The lowest BCUT2D eigenvalue weighted by Crippen LogP contribution is -2.14. The molecule has 0 bridgehead atoms. The minimum atomic E-state index is -0.0238. The van der Waals surface area contributed by atoms with Gasteiger partial charge in [0, 0.05) is 23.1 Å². The summed E-state index contributed by atoms with van der Waals surface area (Å²) >= 11 is 7.53. The molecular formula is C14H14ClN3O2S. The lowest BCUT2D eigenvalue weighted by Gasteiger charge is -2.09. The number of rotatable bonds is 4. The molecule has 0 saturated carbocycles. The number of thioether (sulfide) groups is 1. The quantitative estimate of drug-likeness (QED) is 0.532. The second kappa shape index (κ2) is 6.07. The molecule has 2 aromatic heterocycles. The van der Waals surface area contributed by atoms with E-state index in [1.54, 1.807) is 19.4 Å². The van der Waals surface area contributed by atoms with E-state index in [2.05, 4.69) is 15.0 Å². The SMILES string of the molecule is COc1ccnc(Cl)c1CSc1nc2c(c(=O)[nH]1)CCC2. The lowest BCUT2D eigenvalue weighted by atomic mass is 10.3. The molecule has 0 saturated heterocycles. The Morgan fingerprint density at radius 2 is 2.33 bits per heavy atom. The van der Waals surface area contributed by atoms with Crippen LogP contribution >= 0.6 is 23.4 Å². The molecule has 0 atom stereocenters. The molecule has 3 rings (SSSR count). The van der Waals surface area contributed by atoms with Crippen LogP contribution in [0.25, 0.3) is 0 Å². The Bertz CT molecular complexity index is 733. The van der Waals surface area contributed by atoms with Crippen molar-refractivity contribution in [1.29, 1.82) is 0 Å². The molecule has 7 heteroatoms. The molecule has 1 aliphatic carbocycles. The number of pyridine rings is 1. The molecule has 0 amide bonds. The van der Waals surface area contributed by atoms with Crippen LogP contribution in [-0.4, -0.2) is 22.1 Å². The van der Waals surface area contributed by atoms with E-state index in [4.69, 9.17) is 16.3 Å². The summed E-state index contributed by atoms with van der Waals surface area (Å²) in [6, 6.07) is 1.76. The van der Waals surface area contributed by atoms with Crippen molar-refractivity contribution in [3.63, 3.8) is 0 Å². The average Bonchev–Trinajstić information content (AvgIpc) is 2.94. The zero-order valence-corrected chi connectivity index (χ0v) is 13.1. The summed E-state index contributed by atoms with van der Waals surface area (Å²) in [7, 11) is 1.59. The van der Waals surface area contributed by atoms with Gasteiger partial charge >= 0.3 is 0 Å². The summed E-state index contributed by atoms with van der Waals surface area (Å²) in [6.45, 7) is 0. The van der Waals surface area contributed by atoms with Gasteiger partial charge in [-0.15, -0.1) is 0 Å². The summed E-state index contributed by atoms with van der Waals surface area (Å²) in [6.07, 6.45) is 4.31. The van der Waals surface area contributed by atoms with Gasteiger partial charge in [-0.05, 0) is 25.3 Å². The maximum Gasteiger partial charge on any atom is 0.254 e. The Morgan fingerprint density at radius 3 is 3.14 bits per heavy atom. The summed E-state index contributed by atoms with van der Waals surface area (Å²) in [4.78, 5) is 23.4. The third-order valence-corrected chi connectivity index (χ3v) is 4.68. The van der Waals surface area contributed by atoms with E-state index in [9.17, 15) is 4.79 Å². The molecule has 0 radical (unpaired) electrons. The Hall–Kier alpha value is -1.53. The number of hydrogen-bond acceptors (Lipinski definition) is 5. The highest BCUT2D eigenvalue weighted by Crippen LogP contribution is 2.30. The Kier molecular flexibility index (Phi) is 4.17. The van der Waals surface area contributed by atoms with Crippen LogP contribution in [0.5, 0.6) is 5.75 Å². The molecule has 110 valence electrons. The molecule has 0 unspecified atom stereocenters. The van der Waals surface area contributed by atoms with E-state index in [0.717, 1.165) is 36.1 Å². The molecule has 0 aromatic carbocycles. The maximum atomic E-state index is 12.0. The van der Waals surface area contributed by atoms with Crippen molar-refractivity contribution in [3.8, 4) is 5.75 Å². The molecule has 0 fully saturated rings. The molecule has 21 heavy (non-hydrogen) atoms. The predicted octanol–water partition coefficient (Wildman–Crippen LogP) is 2.61. The first-order chi connectivity index (χ1) is 10.2. The third kappa shape index (κ3) is 2.91. The molecule has 1 N–H and O–H groups in total. The monoisotopic (exact) mass is 323 g/mol. The first kappa shape index (κ1) is 14.4. The van der Waals surface area contributed by atoms with Crippen LogP contribution in [0, 0.1) is 0 Å². The van der Waals surface area contributed by atoms with Crippen LogP contribution in [0.15, 0.2) is 22.2 Å². The highest BCUT2D eigenvalue weighted by Gasteiger charge is 2.18. The molecule has 2 heterocycles. The van der Waals surface area contributed by atoms with Crippen molar-refractivity contribution >= 4 is 23.4 Å². The van der Waals surface area contributed by atoms with E-state index in [0.29, 0.717) is 21.8 Å². The van der Waals surface area contributed by atoms with Crippen LogP contribution in [0.3, 0.4) is 0 Å². The number of aryl methyl sites for hydroxylation is 1. The van der Waals surface area contributed by atoms with Crippen molar-refractivity contribution < 1.29 is 4.74 Å². The largest absolute Gasteiger partial charge is 0.496 e. The van der Waals surface area contributed by atoms with Gasteiger partial charge in [-0.3, -0.25) is 4.79 Å².